The summed E-state index contributed by atoms with van der Waals surface area (Å²) in [4.78, 5) is 19.6. The molecule has 29 heavy (non-hydrogen) atoms. The fraction of sp³-hybridized carbons (Fsp3) is 0.304. The van der Waals surface area contributed by atoms with E-state index >= 15 is 0 Å². The number of nitrogens with zero attached hydrogens (tertiary/aromatic N) is 2. The highest BCUT2D eigenvalue weighted by molar-refractivity contribution is 7.09. The van der Waals surface area contributed by atoms with Crippen molar-refractivity contribution in [1.82, 2.24) is 9.88 Å². The number of amides is 1. The SMILES string of the molecule is CCC(C)N(Cc1csc(COc2ccccc2OC)n1)C(=O)c1ccccc1. The predicted molar refractivity (Wildman–Crippen MR) is 116 cm³/mol. The molecule has 0 saturated carbocycles. The Balaban J connectivity index is 1.68. The molecule has 5 nitrogen and oxygen atoms in total. The number of carbonyl (C=O) groups excluding carboxylic acids is 1. The summed E-state index contributed by atoms with van der Waals surface area (Å²) in [6, 6.07) is 17.1. The molecule has 1 amide bonds. The van der Waals surface area contributed by atoms with Crippen molar-refractivity contribution in [3.63, 3.8) is 0 Å². The van der Waals surface area contributed by atoms with E-state index in [0.717, 1.165) is 17.1 Å². The van der Waals surface area contributed by atoms with Crippen molar-refractivity contribution in [2.75, 3.05) is 7.11 Å². The third-order valence-corrected chi connectivity index (χ3v) is 5.63. The van der Waals surface area contributed by atoms with Crippen LogP contribution in [0.2, 0.25) is 0 Å². The van der Waals surface area contributed by atoms with E-state index in [-0.39, 0.29) is 11.9 Å². The van der Waals surface area contributed by atoms with E-state index in [4.69, 9.17) is 9.47 Å². The number of ether oxygens (including phenoxy) is 2. The van der Waals surface area contributed by atoms with Crippen molar-refractivity contribution in [3.8, 4) is 11.5 Å². The maximum Gasteiger partial charge on any atom is 0.254 e. The average molecular weight is 411 g/mol. The van der Waals surface area contributed by atoms with Crippen LogP contribution in [0.3, 0.4) is 0 Å². The minimum Gasteiger partial charge on any atom is -0.493 e. The van der Waals surface area contributed by atoms with E-state index in [2.05, 4.69) is 18.8 Å². The van der Waals surface area contributed by atoms with Gasteiger partial charge < -0.3 is 14.4 Å². The van der Waals surface area contributed by atoms with Gasteiger partial charge in [-0.15, -0.1) is 11.3 Å². The van der Waals surface area contributed by atoms with Crippen molar-refractivity contribution in [2.24, 2.45) is 0 Å². The molecule has 0 radical (unpaired) electrons. The lowest BCUT2D eigenvalue weighted by Crippen LogP contribution is -2.37. The van der Waals surface area contributed by atoms with Crippen molar-refractivity contribution in [3.05, 3.63) is 76.2 Å². The van der Waals surface area contributed by atoms with Crippen LogP contribution in [0.5, 0.6) is 11.5 Å². The Bertz CT molecular complexity index is 927. The van der Waals surface area contributed by atoms with Crippen LogP contribution in [0.25, 0.3) is 0 Å². The van der Waals surface area contributed by atoms with Gasteiger partial charge in [-0.25, -0.2) is 4.98 Å². The molecule has 0 fully saturated rings. The second-order valence-electron chi connectivity index (χ2n) is 6.73. The zero-order valence-corrected chi connectivity index (χ0v) is 17.8. The zero-order chi connectivity index (χ0) is 20.6. The molecule has 0 aliphatic rings. The van der Waals surface area contributed by atoms with Gasteiger partial charge in [-0.1, -0.05) is 37.3 Å². The zero-order valence-electron chi connectivity index (χ0n) is 17.0. The first kappa shape index (κ1) is 20.9. The van der Waals surface area contributed by atoms with Crippen molar-refractivity contribution in [1.29, 1.82) is 0 Å². The van der Waals surface area contributed by atoms with Crippen molar-refractivity contribution >= 4 is 17.2 Å². The predicted octanol–water partition coefficient (Wildman–Crippen LogP) is 5.17. The Kier molecular flexibility index (Phi) is 7.25. The van der Waals surface area contributed by atoms with Crippen LogP contribution in [-0.2, 0) is 13.2 Å². The lowest BCUT2D eigenvalue weighted by molar-refractivity contribution is 0.0669. The molecule has 6 heteroatoms. The molecule has 0 spiro atoms. The molecule has 0 aliphatic heterocycles. The molecule has 0 bridgehead atoms. The molecule has 1 atom stereocenters. The van der Waals surface area contributed by atoms with Gasteiger partial charge in [-0.2, -0.15) is 0 Å². The number of benzene rings is 2. The molecule has 3 rings (SSSR count). The van der Waals surface area contributed by atoms with Crippen LogP contribution in [0, 0.1) is 0 Å². The Hall–Kier alpha value is -2.86. The minimum atomic E-state index is 0.0276. The smallest absolute Gasteiger partial charge is 0.254 e. The van der Waals surface area contributed by atoms with Gasteiger partial charge in [0.1, 0.15) is 11.6 Å². The Labute approximate surface area is 175 Å². The number of carbonyl (C=O) groups is 1. The molecule has 3 aromatic rings. The summed E-state index contributed by atoms with van der Waals surface area (Å²) in [5, 5.41) is 2.86. The summed E-state index contributed by atoms with van der Waals surface area (Å²) < 4.78 is 11.2. The third-order valence-electron chi connectivity index (χ3n) is 4.76. The first-order valence-electron chi connectivity index (χ1n) is 9.67. The van der Waals surface area contributed by atoms with Gasteiger partial charge in [0.2, 0.25) is 0 Å². The molecule has 1 heterocycles. The topological polar surface area (TPSA) is 51.7 Å². The van der Waals surface area contributed by atoms with Crippen LogP contribution < -0.4 is 9.47 Å². The first-order chi connectivity index (χ1) is 14.1. The van der Waals surface area contributed by atoms with Gasteiger partial charge >= 0.3 is 0 Å². The maximum atomic E-state index is 13.0. The maximum absolute atomic E-state index is 13.0. The molecule has 1 unspecified atom stereocenters. The fourth-order valence-electron chi connectivity index (χ4n) is 2.93. The Morgan fingerprint density at radius 1 is 1.10 bits per heavy atom. The highest BCUT2D eigenvalue weighted by atomic mass is 32.1. The Morgan fingerprint density at radius 2 is 1.79 bits per heavy atom. The van der Waals surface area contributed by atoms with Crippen molar-refractivity contribution < 1.29 is 14.3 Å². The molecule has 0 aliphatic carbocycles. The molecule has 1 aromatic heterocycles. The normalized spacial score (nSPS) is 11.7. The van der Waals surface area contributed by atoms with Crippen LogP contribution in [-0.4, -0.2) is 28.9 Å². The highest BCUT2D eigenvalue weighted by Gasteiger charge is 2.21. The summed E-state index contributed by atoms with van der Waals surface area (Å²) in [7, 11) is 1.62. The van der Waals surface area contributed by atoms with Crippen LogP contribution in [0.4, 0.5) is 0 Å². The second-order valence-corrected chi connectivity index (χ2v) is 7.67. The lowest BCUT2D eigenvalue weighted by Gasteiger charge is -2.28. The van der Waals surface area contributed by atoms with E-state index in [1.807, 2.05) is 64.9 Å². The summed E-state index contributed by atoms with van der Waals surface area (Å²) in [5.41, 5.74) is 1.57. The quantitative estimate of drug-likeness (QED) is 0.488. The average Bonchev–Trinajstić information content (AvgIpc) is 3.23. The molecule has 0 N–H and O–H groups in total. The summed E-state index contributed by atoms with van der Waals surface area (Å²) >= 11 is 1.54. The van der Waals surface area contributed by atoms with E-state index < -0.39 is 0 Å². The van der Waals surface area contributed by atoms with E-state index in [9.17, 15) is 4.79 Å². The van der Waals surface area contributed by atoms with Gasteiger partial charge in [-0.05, 0) is 37.6 Å². The lowest BCUT2D eigenvalue weighted by atomic mass is 10.1. The highest BCUT2D eigenvalue weighted by Crippen LogP contribution is 2.27. The number of methoxy groups -OCH3 is 1. The second kappa shape index (κ2) is 10.1. The third kappa shape index (κ3) is 5.35. The number of thiazole rings is 1. The molecular formula is C23H26N2O3S. The fourth-order valence-corrected chi connectivity index (χ4v) is 3.63. The minimum absolute atomic E-state index is 0.0276. The van der Waals surface area contributed by atoms with Crippen LogP contribution >= 0.6 is 11.3 Å². The van der Waals surface area contributed by atoms with E-state index in [1.165, 1.54) is 11.3 Å². The first-order valence-corrected chi connectivity index (χ1v) is 10.6. The molecule has 0 saturated heterocycles. The number of aromatic nitrogens is 1. The monoisotopic (exact) mass is 410 g/mol. The number of hydrogen-bond acceptors (Lipinski definition) is 5. The Morgan fingerprint density at radius 3 is 2.48 bits per heavy atom. The van der Waals surface area contributed by atoms with Crippen LogP contribution in [0.15, 0.2) is 60.0 Å². The largest absolute Gasteiger partial charge is 0.493 e. The summed E-state index contributed by atoms with van der Waals surface area (Å²) in [5.74, 6) is 1.41. The summed E-state index contributed by atoms with van der Waals surface area (Å²) in [6.07, 6.45) is 0.881. The summed E-state index contributed by atoms with van der Waals surface area (Å²) in [6.45, 7) is 5.00. The van der Waals surface area contributed by atoms with Crippen molar-refractivity contribution in [2.45, 2.75) is 39.5 Å². The number of rotatable bonds is 9. The van der Waals surface area contributed by atoms with Crippen LogP contribution in [0.1, 0.15) is 41.3 Å². The molecule has 152 valence electrons. The molecular weight excluding hydrogens is 384 g/mol. The van der Waals surface area contributed by atoms with Gasteiger partial charge in [0.15, 0.2) is 11.5 Å². The van der Waals surface area contributed by atoms with E-state index in [0.29, 0.717) is 30.2 Å². The van der Waals surface area contributed by atoms with Gasteiger partial charge in [0.05, 0.1) is 19.3 Å². The standard InChI is InChI=1S/C23H26N2O3S/c1-4-17(2)25(23(26)18-10-6-5-7-11-18)14-19-16-29-22(24-19)15-28-21-13-9-8-12-20(21)27-3/h5-13,16-17H,4,14-15H2,1-3H3. The van der Waals surface area contributed by atoms with Gasteiger partial charge in [0.25, 0.3) is 5.91 Å². The molecule has 2 aromatic carbocycles. The van der Waals surface area contributed by atoms with E-state index in [1.54, 1.807) is 7.11 Å². The number of hydrogen-bond donors (Lipinski definition) is 0. The van der Waals surface area contributed by atoms with Gasteiger partial charge in [0, 0.05) is 17.0 Å². The number of para-hydroxylation sites is 2. The van der Waals surface area contributed by atoms with Gasteiger partial charge in [-0.3, -0.25) is 4.79 Å².